The van der Waals surface area contributed by atoms with Crippen molar-refractivity contribution in [1.29, 1.82) is 0 Å². The van der Waals surface area contributed by atoms with E-state index >= 15 is 0 Å². The van der Waals surface area contributed by atoms with E-state index in [-0.39, 0.29) is 6.04 Å². The molecule has 2 aromatic heterocycles. The van der Waals surface area contributed by atoms with Crippen molar-refractivity contribution in [3.8, 4) is 0 Å². The van der Waals surface area contributed by atoms with Crippen LogP contribution < -0.4 is 5.73 Å². The summed E-state index contributed by atoms with van der Waals surface area (Å²) in [6, 6.07) is 9.91. The Morgan fingerprint density at radius 1 is 1.30 bits per heavy atom. The fraction of sp³-hybridized carbons (Fsp3) is 0.312. The van der Waals surface area contributed by atoms with Gasteiger partial charge in [-0.05, 0) is 37.6 Å². The molecule has 3 aromatic rings. The van der Waals surface area contributed by atoms with Crippen LogP contribution in [0.1, 0.15) is 35.7 Å². The molecule has 1 atom stereocenters. The van der Waals surface area contributed by atoms with Crippen molar-refractivity contribution in [2.24, 2.45) is 12.8 Å². The number of nitrogens with two attached hydrogens (primary N) is 1. The number of rotatable bonds is 3. The van der Waals surface area contributed by atoms with Crippen LogP contribution in [0.5, 0.6) is 0 Å². The molecule has 0 saturated carbocycles. The zero-order valence-corrected chi connectivity index (χ0v) is 12.1. The molecule has 3 rings (SSSR count). The monoisotopic (exact) mass is 269 g/mol. The molecule has 2 N–H and O–H groups in total. The molecule has 104 valence electrons. The lowest BCUT2D eigenvalue weighted by Crippen LogP contribution is -2.15. The zero-order chi connectivity index (χ0) is 14.3. The van der Waals surface area contributed by atoms with Crippen LogP contribution in [-0.2, 0) is 13.5 Å². The molecule has 0 amide bonds. The van der Waals surface area contributed by atoms with Gasteiger partial charge in [0.2, 0.25) is 0 Å². The van der Waals surface area contributed by atoms with Crippen molar-refractivity contribution in [2.45, 2.75) is 26.3 Å². The van der Waals surface area contributed by atoms with Crippen LogP contribution in [0.25, 0.3) is 11.0 Å². The third kappa shape index (κ3) is 2.12. The Balaban J connectivity index is 2.02. The highest BCUT2D eigenvalue weighted by atomic mass is 16.3. The maximum absolute atomic E-state index is 6.33. The van der Waals surface area contributed by atoms with E-state index in [0.717, 1.165) is 34.5 Å². The summed E-state index contributed by atoms with van der Waals surface area (Å²) in [4.78, 5) is 0. The van der Waals surface area contributed by atoms with Crippen LogP contribution in [0.2, 0.25) is 0 Å². The lowest BCUT2D eigenvalue weighted by Gasteiger charge is -2.08. The molecule has 0 saturated heterocycles. The molecule has 4 nitrogen and oxygen atoms in total. The maximum Gasteiger partial charge on any atom is 0.134 e. The number of furan rings is 1. The van der Waals surface area contributed by atoms with Gasteiger partial charge in [0.1, 0.15) is 17.4 Å². The van der Waals surface area contributed by atoms with Gasteiger partial charge in [0.05, 0.1) is 11.4 Å². The topological polar surface area (TPSA) is 57.0 Å². The van der Waals surface area contributed by atoms with E-state index in [9.17, 15) is 0 Å². The van der Waals surface area contributed by atoms with E-state index in [2.05, 4.69) is 25.0 Å². The van der Waals surface area contributed by atoms with E-state index in [1.54, 1.807) is 0 Å². The molecule has 4 heteroatoms. The van der Waals surface area contributed by atoms with Crippen molar-refractivity contribution in [3.05, 3.63) is 53.0 Å². The molecule has 20 heavy (non-hydrogen) atoms. The average molecular weight is 269 g/mol. The quantitative estimate of drug-likeness (QED) is 0.795. The van der Waals surface area contributed by atoms with Crippen molar-refractivity contribution in [1.82, 2.24) is 9.78 Å². The lowest BCUT2D eigenvalue weighted by molar-refractivity contribution is 0.509. The number of benzene rings is 1. The molecule has 0 bridgehead atoms. The first kappa shape index (κ1) is 12.9. The van der Waals surface area contributed by atoms with E-state index in [1.807, 2.05) is 36.0 Å². The Bertz CT molecular complexity index is 754. The molecule has 1 aromatic carbocycles. The van der Waals surface area contributed by atoms with Crippen molar-refractivity contribution in [3.63, 3.8) is 0 Å². The summed E-state index contributed by atoms with van der Waals surface area (Å²) in [6.45, 7) is 4.16. The Morgan fingerprint density at radius 3 is 2.80 bits per heavy atom. The Labute approximate surface area is 118 Å². The lowest BCUT2D eigenvalue weighted by atomic mass is 10.1. The summed E-state index contributed by atoms with van der Waals surface area (Å²) in [5.74, 6) is 0.774. The van der Waals surface area contributed by atoms with Gasteiger partial charge in [-0.15, -0.1) is 0 Å². The molecule has 2 heterocycles. The van der Waals surface area contributed by atoms with E-state index < -0.39 is 0 Å². The third-order valence-electron chi connectivity index (χ3n) is 3.64. The fourth-order valence-corrected chi connectivity index (χ4v) is 2.49. The highest BCUT2D eigenvalue weighted by Crippen LogP contribution is 2.27. The second kappa shape index (κ2) is 4.80. The van der Waals surface area contributed by atoms with Gasteiger partial charge < -0.3 is 10.2 Å². The predicted molar refractivity (Wildman–Crippen MR) is 79.6 cm³/mol. The molecule has 0 aliphatic carbocycles. The van der Waals surface area contributed by atoms with Crippen LogP contribution in [0.15, 0.2) is 34.7 Å². The smallest absolute Gasteiger partial charge is 0.134 e. The summed E-state index contributed by atoms with van der Waals surface area (Å²) < 4.78 is 7.71. The minimum Gasteiger partial charge on any atom is -0.459 e. The minimum absolute atomic E-state index is 0.291. The van der Waals surface area contributed by atoms with Crippen LogP contribution >= 0.6 is 0 Å². The van der Waals surface area contributed by atoms with Gasteiger partial charge in [-0.25, -0.2) is 0 Å². The second-order valence-corrected chi connectivity index (χ2v) is 5.21. The highest BCUT2D eigenvalue weighted by molar-refractivity contribution is 5.78. The van der Waals surface area contributed by atoms with Crippen molar-refractivity contribution in [2.75, 3.05) is 0 Å². The molecule has 0 aliphatic heterocycles. The van der Waals surface area contributed by atoms with Gasteiger partial charge in [-0.2, -0.15) is 5.10 Å². The van der Waals surface area contributed by atoms with Gasteiger partial charge in [-0.3, -0.25) is 4.68 Å². The minimum atomic E-state index is -0.291. The van der Waals surface area contributed by atoms with Crippen LogP contribution in [0.4, 0.5) is 0 Å². The zero-order valence-electron chi connectivity index (χ0n) is 12.1. The number of aryl methyl sites for hydroxylation is 3. The largest absolute Gasteiger partial charge is 0.459 e. The van der Waals surface area contributed by atoms with E-state index in [0.29, 0.717) is 0 Å². The summed E-state index contributed by atoms with van der Waals surface area (Å²) >= 11 is 0. The van der Waals surface area contributed by atoms with Gasteiger partial charge in [0.15, 0.2) is 0 Å². The first-order valence-electron chi connectivity index (χ1n) is 6.87. The number of fused-ring (bicyclic) bond motifs is 1. The Hall–Kier alpha value is -2.07. The number of hydrogen-bond acceptors (Lipinski definition) is 3. The molecule has 1 unspecified atom stereocenters. The number of nitrogens with zero attached hydrogens (tertiary/aromatic N) is 2. The van der Waals surface area contributed by atoms with Crippen LogP contribution in [0.3, 0.4) is 0 Å². The standard InChI is InChI=1S/C16H19N3O/c1-4-12-9-13(19(3)18-12)16(17)15-8-11-7-10(2)5-6-14(11)20-15/h5-9,16H,4,17H2,1-3H3. The predicted octanol–water partition coefficient (Wildman–Crippen LogP) is 3.09. The first-order valence-corrected chi connectivity index (χ1v) is 6.87. The van der Waals surface area contributed by atoms with Crippen LogP contribution in [-0.4, -0.2) is 9.78 Å². The normalized spacial score (nSPS) is 13.0. The summed E-state index contributed by atoms with van der Waals surface area (Å²) in [5.41, 5.74) is 10.4. The maximum atomic E-state index is 6.33. The third-order valence-corrected chi connectivity index (χ3v) is 3.64. The number of aromatic nitrogens is 2. The summed E-state index contributed by atoms with van der Waals surface area (Å²) in [6.07, 6.45) is 0.903. The Kier molecular flexibility index (Phi) is 3.10. The summed E-state index contributed by atoms with van der Waals surface area (Å²) in [7, 11) is 1.92. The Morgan fingerprint density at radius 2 is 2.10 bits per heavy atom. The van der Waals surface area contributed by atoms with Gasteiger partial charge in [0, 0.05) is 12.4 Å². The molecule has 0 spiro atoms. The fourth-order valence-electron chi connectivity index (χ4n) is 2.49. The summed E-state index contributed by atoms with van der Waals surface area (Å²) in [5, 5.41) is 5.53. The molecule has 0 aliphatic rings. The molecule has 0 fully saturated rings. The van der Waals surface area contributed by atoms with Gasteiger partial charge in [0.25, 0.3) is 0 Å². The second-order valence-electron chi connectivity index (χ2n) is 5.21. The van der Waals surface area contributed by atoms with Gasteiger partial charge in [-0.1, -0.05) is 18.6 Å². The number of hydrogen-bond donors (Lipinski definition) is 1. The first-order chi connectivity index (χ1) is 9.58. The molecule has 0 radical (unpaired) electrons. The molecular formula is C16H19N3O. The van der Waals surface area contributed by atoms with Crippen molar-refractivity contribution < 1.29 is 4.42 Å². The van der Waals surface area contributed by atoms with E-state index in [4.69, 9.17) is 10.2 Å². The van der Waals surface area contributed by atoms with Crippen LogP contribution in [0, 0.1) is 6.92 Å². The average Bonchev–Trinajstić information content (AvgIpc) is 3.00. The SMILES string of the molecule is CCc1cc(C(N)c2cc3cc(C)ccc3o2)n(C)n1. The van der Waals surface area contributed by atoms with E-state index in [1.165, 1.54) is 5.56 Å². The molecular weight excluding hydrogens is 250 g/mol. The van der Waals surface area contributed by atoms with Gasteiger partial charge >= 0.3 is 0 Å². The van der Waals surface area contributed by atoms with Crippen molar-refractivity contribution >= 4 is 11.0 Å². The highest BCUT2D eigenvalue weighted by Gasteiger charge is 2.18.